The number of carbonyl (C=O) groups is 2. The summed E-state index contributed by atoms with van der Waals surface area (Å²) in [4.78, 5) is 36.8. The zero-order valence-electron chi connectivity index (χ0n) is 19.8. The summed E-state index contributed by atoms with van der Waals surface area (Å²) >= 11 is 0. The molecule has 0 radical (unpaired) electrons. The van der Waals surface area contributed by atoms with E-state index in [2.05, 4.69) is 38.5 Å². The number of aromatic nitrogens is 5. The summed E-state index contributed by atoms with van der Waals surface area (Å²) in [6.07, 6.45) is 8.49. The van der Waals surface area contributed by atoms with E-state index in [1.165, 1.54) is 0 Å². The summed E-state index contributed by atoms with van der Waals surface area (Å²) in [7, 11) is 3.47. The molecule has 1 aliphatic rings. The molecule has 0 aliphatic carbocycles. The van der Waals surface area contributed by atoms with Gasteiger partial charge in [-0.15, -0.1) is 5.10 Å². The Labute approximate surface area is 203 Å². The molecule has 0 unspecified atom stereocenters. The third kappa shape index (κ3) is 4.70. The Morgan fingerprint density at radius 1 is 1.14 bits per heavy atom. The van der Waals surface area contributed by atoms with E-state index in [0.717, 1.165) is 39.7 Å². The summed E-state index contributed by atoms with van der Waals surface area (Å²) in [5.41, 5.74) is 5.27. The number of hydrogen-bond donors (Lipinski definition) is 1. The highest BCUT2D eigenvalue weighted by Gasteiger charge is 2.21. The molecule has 35 heavy (non-hydrogen) atoms. The van der Waals surface area contributed by atoms with Gasteiger partial charge in [0, 0.05) is 62.5 Å². The summed E-state index contributed by atoms with van der Waals surface area (Å²) in [5, 5.41) is 8.67. The van der Waals surface area contributed by atoms with Gasteiger partial charge in [0.25, 0.3) is 5.91 Å². The number of nitrogens with zero attached hydrogens (tertiary/aromatic N) is 6. The minimum Gasteiger partial charge on any atom is -0.350 e. The van der Waals surface area contributed by atoms with Gasteiger partial charge in [-0.2, -0.15) is 0 Å². The van der Waals surface area contributed by atoms with Crippen LogP contribution in [-0.4, -0.2) is 73.8 Å². The first-order chi connectivity index (χ1) is 17.0. The van der Waals surface area contributed by atoms with Crippen molar-refractivity contribution in [2.75, 3.05) is 27.2 Å². The zero-order valence-corrected chi connectivity index (χ0v) is 19.8. The van der Waals surface area contributed by atoms with Gasteiger partial charge in [0.15, 0.2) is 0 Å². The minimum absolute atomic E-state index is 0.0873. The highest BCUT2D eigenvalue weighted by atomic mass is 16.2. The Morgan fingerprint density at radius 3 is 2.77 bits per heavy atom. The maximum absolute atomic E-state index is 12.9. The normalized spacial score (nSPS) is 13.7. The monoisotopic (exact) mass is 469 g/mol. The van der Waals surface area contributed by atoms with Crippen molar-refractivity contribution in [3.63, 3.8) is 0 Å². The molecule has 9 heteroatoms. The van der Waals surface area contributed by atoms with E-state index >= 15 is 0 Å². The minimum atomic E-state index is -0.0873. The standard InChI is InChI=1S/C26H27N7O2/c1-31(2)26(35)24-16-21-20(22-7-3-4-9-27-22)14-19(15-23(21)29-24)18-6-5-11-32(17-18)25(34)8-12-33-13-10-28-30-33/h3-4,6-7,9-10,13-16,29H,5,8,11-12,17H2,1-2H3. The van der Waals surface area contributed by atoms with Gasteiger partial charge in [-0.3, -0.25) is 19.3 Å². The lowest BCUT2D eigenvalue weighted by atomic mass is 9.95. The number of fused-ring (bicyclic) bond motifs is 1. The van der Waals surface area contributed by atoms with Crippen LogP contribution in [0.25, 0.3) is 27.7 Å². The highest BCUT2D eigenvalue weighted by molar-refractivity contribution is 6.03. The molecule has 0 saturated carbocycles. The molecule has 4 heterocycles. The second kappa shape index (κ2) is 9.54. The van der Waals surface area contributed by atoms with Crippen molar-refractivity contribution in [1.82, 2.24) is 34.8 Å². The summed E-state index contributed by atoms with van der Waals surface area (Å²) in [5.74, 6) is 0.00613. The van der Waals surface area contributed by atoms with Gasteiger partial charge < -0.3 is 14.8 Å². The van der Waals surface area contributed by atoms with Crippen molar-refractivity contribution in [2.45, 2.75) is 19.4 Å². The van der Waals surface area contributed by atoms with E-state index < -0.39 is 0 Å². The molecule has 1 aliphatic heterocycles. The largest absolute Gasteiger partial charge is 0.350 e. The predicted octanol–water partition coefficient (Wildman–Crippen LogP) is 3.23. The van der Waals surface area contributed by atoms with Gasteiger partial charge in [-0.25, -0.2) is 0 Å². The quantitative estimate of drug-likeness (QED) is 0.467. The fourth-order valence-corrected chi connectivity index (χ4v) is 4.40. The first kappa shape index (κ1) is 22.5. The number of aromatic amines is 1. The van der Waals surface area contributed by atoms with Gasteiger partial charge in [-0.1, -0.05) is 17.4 Å². The maximum Gasteiger partial charge on any atom is 0.269 e. The molecule has 0 fully saturated rings. The number of nitrogens with one attached hydrogen (secondary N) is 1. The lowest BCUT2D eigenvalue weighted by molar-refractivity contribution is -0.131. The Morgan fingerprint density at radius 2 is 2.03 bits per heavy atom. The fourth-order valence-electron chi connectivity index (χ4n) is 4.40. The van der Waals surface area contributed by atoms with Gasteiger partial charge in [0.1, 0.15) is 5.69 Å². The van der Waals surface area contributed by atoms with Crippen LogP contribution >= 0.6 is 0 Å². The lowest BCUT2D eigenvalue weighted by Gasteiger charge is -2.28. The first-order valence-electron chi connectivity index (χ1n) is 11.6. The van der Waals surface area contributed by atoms with E-state index in [1.807, 2.05) is 29.2 Å². The number of H-pyrrole nitrogens is 1. The van der Waals surface area contributed by atoms with Crippen molar-refractivity contribution in [1.29, 1.82) is 0 Å². The van der Waals surface area contributed by atoms with Crippen LogP contribution < -0.4 is 0 Å². The molecule has 9 nitrogen and oxygen atoms in total. The van der Waals surface area contributed by atoms with Crippen molar-refractivity contribution >= 4 is 28.3 Å². The Kier molecular flexibility index (Phi) is 6.13. The van der Waals surface area contributed by atoms with Crippen LogP contribution in [-0.2, 0) is 11.3 Å². The van der Waals surface area contributed by atoms with Crippen LogP contribution in [0.1, 0.15) is 28.9 Å². The third-order valence-corrected chi connectivity index (χ3v) is 6.22. The van der Waals surface area contributed by atoms with Gasteiger partial charge in [-0.05, 0) is 47.9 Å². The molecular formula is C26H27N7O2. The number of pyridine rings is 1. The third-order valence-electron chi connectivity index (χ3n) is 6.22. The van der Waals surface area contributed by atoms with Gasteiger partial charge in [0.05, 0.1) is 18.4 Å². The average Bonchev–Trinajstić information content (AvgIpc) is 3.56. The molecule has 0 saturated heterocycles. The average molecular weight is 470 g/mol. The van der Waals surface area contributed by atoms with Crippen molar-refractivity contribution in [2.24, 2.45) is 0 Å². The van der Waals surface area contributed by atoms with E-state index in [1.54, 1.807) is 42.3 Å². The number of benzene rings is 1. The van der Waals surface area contributed by atoms with E-state index in [4.69, 9.17) is 0 Å². The van der Waals surface area contributed by atoms with Crippen molar-refractivity contribution < 1.29 is 9.59 Å². The molecule has 0 atom stereocenters. The number of hydrogen-bond acceptors (Lipinski definition) is 5. The topological polar surface area (TPSA) is 100 Å². The Bertz CT molecular complexity index is 1390. The van der Waals surface area contributed by atoms with Crippen LogP contribution in [0, 0.1) is 0 Å². The lowest BCUT2D eigenvalue weighted by Crippen LogP contribution is -2.36. The Hall–Kier alpha value is -4.27. The summed E-state index contributed by atoms with van der Waals surface area (Å²) < 4.78 is 1.67. The summed E-state index contributed by atoms with van der Waals surface area (Å²) in [6, 6.07) is 11.9. The summed E-state index contributed by atoms with van der Waals surface area (Å²) in [6.45, 7) is 1.74. The second-order valence-corrected chi connectivity index (χ2v) is 8.83. The predicted molar refractivity (Wildman–Crippen MR) is 133 cm³/mol. The van der Waals surface area contributed by atoms with Crippen LogP contribution in [0.15, 0.2) is 61.1 Å². The molecular weight excluding hydrogens is 442 g/mol. The molecule has 3 aromatic heterocycles. The van der Waals surface area contributed by atoms with Crippen molar-refractivity contribution in [3.05, 3.63) is 72.3 Å². The molecule has 2 amide bonds. The fraction of sp³-hybridized carbons (Fsp3) is 0.269. The zero-order chi connectivity index (χ0) is 24.4. The van der Waals surface area contributed by atoms with E-state index in [-0.39, 0.29) is 11.8 Å². The molecule has 0 bridgehead atoms. The van der Waals surface area contributed by atoms with Gasteiger partial charge >= 0.3 is 0 Å². The van der Waals surface area contributed by atoms with Crippen LogP contribution in [0.2, 0.25) is 0 Å². The number of carbonyl (C=O) groups excluding carboxylic acids is 2. The maximum atomic E-state index is 12.9. The molecule has 1 aromatic carbocycles. The molecule has 178 valence electrons. The van der Waals surface area contributed by atoms with E-state index in [9.17, 15) is 9.59 Å². The molecule has 1 N–H and O–H groups in total. The first-order valence-corrected chi connectivity index (χ1v) is 11.6. The van der Waals surface area contributed by atoms with Crippen LogP contribution in [0.5, 0.6) is 0 Å². The number of rotatable bonds is 6. The number of aryl methyl sites for hydroxylation is 1. The van der Waals surface area contributed by atoms with Crippen LogP contribution in [0.3, 0.4) is 0 Å². The van der Waals surface area contributed by atoms with Crippen molar-refractivity contribution in [3.8, 4) is 11.3 Å². The SMILES string of the molecule is CN(C)C(=O)c1cc2c(-c3ccccn3)cc(C3=CCCN(C(=O)CCn4ccnn4)C3)cc2[nH]1. The number of amides is 2. The molecule has 5 rings (SSSR count). The van der Waals surface area contributed by atoms with Crippen LogP contribution in [0.4, 0.5) is 0 Å². The molecule has 0 spiro atoms. The molecule has 4 aromatic rings. The second-order valence-electron chi connectivity index (χ2n) is 8.83. The Balaban J connectivity index is 1.47. The van der Waals surface area contributed by atoms with E-state index in [0.29, 0.717) is 31.7 Å². The van der Waals surface area contributed by atoms with Gasteiger partial charge in [0.2, 0.25) is 5.91 Å². The highest BCUT2D eigenvalue weighted by Crippen LogP contribution is 2.33. The smallest absolute Gasteiger partial charge is 0.269 e.